The Kier molecular flexibility index (Phi) is 5.89. The van der Waals surface area contributed by atoms with E-state index in [-0.39, 0.29) is 22.9 Å². The zero-order chi connectivity index (χ0) is 22.8. The molecule has 0 radical (unpaired) electrons. The second kappa shape index (κ2) is 7.74. The van der Waals surface area contributed by atoms with Crippen molar-refractivity contribution in [2.45, 2.75) is 112 Å². The molecule has 0 spiro atoms. The molecule has 0 heterocycles. The highest BCUT2D eigenvalue weighted by Crippen LogP contribution is 2.72. The highest BCUT2D eigenvalue weighted by Gasteiger charge is 2.65. The van der Waals surface area contributed by atoms with Gasteiger partial charge in [0.05, 0.1) is 18.6 Å². The summed E-state index contributed by atoms with van der Waals surface area (Å²) in [6.07, 6.45) is 11.6. The second-order valence-electron chi connectivity index (χ2n) is 13.2. The molecule has 178 valence electrons. The molecule has 0 aromatic carbocycles. The third-order valence-corrected chi connectivity index (χ3v) is 11.8. The van der Waals surface area contributed by atoms with Crippen molar-refractivity contribution < 1.29 is 14.6 Å². The summed E-state index contributed by atoms with van der Waals surface area (Å²) in [4.78, 5) is 12.9. The molecule has 0 saturated heterocycles. The number of hydrogen-bond acceptors (Lipinski definition) is 3. The van der Waals surface area contributed by atoms with E-state index in [2.05, 4.69) is 41.5 Å². The lowest BCUT2D eigenvalue weighted by atomic mass is 9.36. The van der Waals surface area contributed by atoms with Crippen LogP contribution in [0.3, 0.4) is 0 Å². The van der Waals surface area contributed by atoms with Crippen molar-refractivity contribution in [3.05, 3.63) is 0 Å². The van der Waals surface area contributed by atoms with Crippen LogP contribution in [0.4, 0.5) is 0 Å². The number of aliphatic hydroxyl groups is 1. The standard InChI is InChI=1S/C28H48O3/c1-8-9-19-18-10-11-22-26(4,20(18)12-15-27(19,5)24(30)31-7)16-13-21-25(2,3)23(29)14-17-28(21,22)6/h18-23,29H,8-17H2,1-7H3/t18?,19?,20?,21?,22?,23-,26-,27-,28-/m0/s1. The lowest BCUT2D eigenvalue weighted by Crippen LogP contribution is -2.63. The number of hydrogen-bond donors (Lipinski definition) is 1. The first-order valence-electron chi connectivity index (χ1n) is 13.2. The molecule has 4 fully saturated rings. The monoisotopic (exact) mass is 432 g/mol. The Morgan fingerprint density at radius 1 is 0.903 bits per heavy atom. The van der Waals surface area contributed by atoms with Gasteiger partial charge in [0, 0.05) is 0 Å². The van der Waals surface area contributed by atoms with Crippen LogP contribution in [-0.4, -0.2) is 24.3 Å². The quantitative estimate of drug-likeness (QED) is 0.510. The fourth-order valence-electron chi connectivity index (χ4n) is 10.2. The van der Waals surface area contributed by atoms with E-state index in [1.165, 1.54) is 38.5 Å². The maximum absolute atomic E-state index is 12.9. The maximum atomic E-state index is 12.9. The van der Waals surface area contributed by atoms with Crippen LogP contribution >= 0.6 is 0 Å². The number of aliphatic hydroxyl groups excluding tert-OH is 1. The van der Waals surface area contributed by atoms with Crippen LogP contribution < -0.4 is 0 Å². The van der Waals surface area contributed by atoms with Crippen molar-refractivity contribution in [3.8, 4) is 0 Å². The van der Waals surface area contributed by atoms with E-state index in [0.29, 0.717) is 28.6 Å². The number of fused-ring (bicyclic) bond motifs is 5. The maximum Gasteiger partial charge on any atom is 0.311 e. The lowest BCUT2D eigenvalue weighted by molar-refractivity contribution is -0.218. The highest BCUT2D eigenvalue weighted by molar-refractivity contribution is 5.77. The fourth-order valence-corrected chi connectivity index (χ4v) is 10.2. The topological polar surface area (TPSA) is 46.5 Å². The normalized spacial score (nSPS) is 51.2. The molecule has 1 N–H and O–H groups in total. The average molecular weight is 433 g/mol. The molecule has 4 saturated carbocycles. The van der Waals surface area contributed by atoms with Crippen LogP contribution in [-0.2, 0) is 9.53 Å². The van der Waals surface area contributed by atoms with Gasteiger partial charge in [-0.15, -0.1) is 0 Å². The van der Waals surface area contributed by atoms with Crippen LogP contribution in [0, 0.1) is 51.2 Å². The van der Waals surface area contributed by atoms with E-state index >= 15 is 0 Å². The predicted octanol–water partition coefficient (Wildman–Crippen LogP) is 6.62. The Labute approximate surface area is 191 Å². The van der Waals surface area contributed by atoms with Gasteiger partial charge >= 0.3 is 5.97 Å². The molecule has 9 atom stereocenters. The van der Waals surface area contributed by atoms with Crippen molar-refractivity contribution in [1.29, 1.82) is 0 Å². The number of carbonyl (C=O) groups excluding carboxylic acids is 1. The Morgan fingerprint density at radius 3 is 2.23 bits per heavy atom. The summed E-state index contributed by atoms with van der Waals surface area (Å²) in [6, 6.07) is 0. The Bertz CT molecular complexity index is 700. The molecule has 31 heavy (non-hydrogen) atoms. The molecule has 5 unspecified atom stereocenters. The molecule has 4 aliphatic rings. The van der Waals surface area contributed by atoms with Gasteiger partial charge in [-0.25, -0.2) is 0 Å². The summed E-state index contributed by atoms with van der Waals surface area (Å²) in [5.74, 6) is 3.23. The molecule has 4 rings (SSSR count). The average Bonchev–Trinajstić information content (AvgIpc) is 2.72. The number of esters is 1. The number of carbonyl (C=O) groups is 1. The van der Waals surface area contributed by atoms with Gasteiger partial charge in [-0.05, 0) is 111 Å². The number of ether oxygens (including phenoxy) is 1. The molecule has 0 amide bonds. The van der Waals surface area contributed by atoms with Crippen molar-refractivity contribution in [2.75, 3.05) is 7.11 Å². The van der Waals surface area contributed by atoms with Gasteiger partial charge in [-0.1, -0.05) is 41.0 Å². The van der Waals surface area contributed by atoms with Gasteiger partial charge in [0.2, 0.25) is 0 Å². The molecule has 0 aromatic heterocycles. The molecule has 4 aliphatic carbocycles. The van der Waals surface area contributed by atoms with E-state index in [4.69, 9.17) is 4.74 Å². The summed E-state index contributed by atoms with van der Waals surface area (Å²) in [5.41, 5.74) is 0.416. The first-order valence-corrected chi connectivity index (χ1v) is 13.2. The zero-order valence-electron chi connectivity index (χ0n) is 21.3. The smallest absolute Gasteiger partial charge is 0.311 e. The van der Waals surface area contributed by atoms with Crippen LogP contribution in [0.25, 0.3) is 0 Å². The fraction of sp³-hybridized carbons (Fsp3) is 0.964. The summed E-state index contributed by atoms with van der Waals surface area (Å²) >= 11 is 0. The Balaban J connectivity index is 1.67. The minimum atomic E-state index is -0.312. The van der Waals surface area contributed by atoms with E-state index in [0.717, 1.165) is 37.5 Å². The SMILES string of the molecule is CCCC1C2CCC3[C@@](C)(CCC4C(C)(C)[C@@H](O)CC[C@@]43C)C2CC[C@]1(C)C(=O)OC. The van der Waals surface area contributed by atoms with Crippen molar-refractivity contribution >= 4 is 5.97 Å². The lowest BCUT2D eigenvalue weighted by Gasteiger charge is -2.69. The third-order valence-electron chi connectivity index (χ3n) is 11.8. The van der Waals surface area contributed by atoms with Crippen molar-refractivity contribution in [2.24, 2.45) is 51.2 Å². The molecule has 0 aromatic rings. The van der Waals surface area contributed by atoms with Gasteiger partial charge in [-0.3, -0.25) is 4.79 Å². The predicted molar refractivity (Wildman–Crippen MR) is 125 cm³/mol. The summed E-state index contributed by atoms with van der Waals surface area (Å²) in [7, 11) is 1.57. The zero-order valence-corrected chi connectivity index (χ0v) is 21.3. The Morgan fingerprint density at radius 2 is 1.58 bits per heavy atom. The van der Waals surface area contributed by atoms with Gasteiger partial charge < -0.3 is 9.84 Å². The first-order chi connectivity index (χ1) is 14.5. The van der Waals surface area contributed by atoms with E-state index in [1.54, 1.807) is 7.11 Å². The van der Waals surface area contributed by atoms with Crippen LogP contribution in [0.15, 0.2) is 0 Å². The van der Waals surface area contributed by atoms with Crippen molar-refractivity contribution in [1.82, 2.24) is 0 Å². The minimum absolute atomic E-state index is 0.0198. The Hall–Kier alpha value is -0.570. The largest absolute Gasteiger partial charge is 0.469 e. The first kappa shape index (κ1) is 23.6. The van der Waals surface area contributed by atoms with Gasteiger partial charge in [0.1, 0.15) is 0 Å². The van der Waals surface area contributed by atoms with E-state index in [9.17, 15) is 9.90 Å². The molecule has 3 heteroatoms. The van der Waals surface area contributed by atoms with Crippen molar-refractivity contribution in [3.63, 3.8) is 0 Å². The number of methoxy groups -OCH3 is 1. The summed E-state index contributed by atoms with van der Waals surface area (Å²) in [6.45, 7) is 14.3. The molecular formula is C28H48O3. The number of rotatable bonds is 3. The van der Waals surface area contributed by atoms with Gasteiger partial charge in [0.15, 0.2) is 0 Å². The highest BCUT2D eigenvalue weighted by atomic mass is 16.5. The second-order valence-corrected chi connectivity index (χ2v) is 13.2. The molecule has 0 aliphatic heterocycles. The summed E-state index contributed by atoms with van der Waals surface area (Å²) < 4.78 is 5.34. The van der Waals surface area contributed by atoms with Crippen LogP contribution in [0.2, 0.25) is 0 Å². The van der Waals surface area contributed by atoms with Gasteiger partial charge in [-0.2, -0.15) is 0 Å². The van der Waals surface area contributed by atoms with Crippen LogP contribution in [0.1, 0.15) is 106 Å². The van der Waals surface area contributed by atoms with Gasteiger partial charge in [0.25, 0.3) is 0 Å². The summed E-state index contributed by atoms with van der Waals surface area (Å²) in [5, 5.41) is 10.8. The molecule has 0 bridgehead atoms. The van der Waals surface area contributed by atoms with E-state index < -0.39 is 0 Å². The van der Waals surface area contributed by atoms with E-state index in [1.807, 2.05) is 0 Å². The van der Waals surface area contributed by atoms with Crippen LogP contribution in [0.5, 0.6) is 0 Å². The molecule has 3 nitrogen and oxygen atoms in total. The molecular weight excluding hydrogens is 384 g/mol. The third kappa shape index (κ3) is 3.18. The minimum Gasteiger partial charge on any atom is -0.469 e.